The van der Waals surface area contributed by atoms with Crippen molar-refractivity contribution in [3.8, 4) is 17.2 Å². The lowest BCUT2D eigenvalue weighted by atomic mass is 10.3. The lowest BCUT2D eigenvalue weighted by Crippen LogP contribution is -2.25. The van der Waals surface area contributed by atoms with Crippen molar-refractivity contribution in [2.24, 2.45) is 0 Å². The first-order chi connectivity index (χ1) is 9.05. The minimum atomic E-state index is -0.543. The molecule has 1 aromatic rings. The van der Waals surface area contributed by atoms with Crippen molar-refractivity contribution < 1.29 is 23.7 Å². The topological polar surface area (TPSA) is 46.2 Å². The van der Waals surface area contributed by atoms with Crippen LogP contribution in [0, 0.1) is 0 Å². The molecule has 1 aliphatic heterocycles. The maximum absolute atomic E-state index is 5.77. The Morgan fingerprint density at radius 2 is 1.84 bits per heavy atom. The fraction of sp³-hybridized carbons (Fsp3) is 0.571. The summed E-state index contributed by atoms with van der Waals surface area (Å²) in [6.45, 7) is 4.68. The zero-order valence-corrected chi connectivity index (χ0v) is 11.8. The molecule has 0 radical (unpaired) electrons. The summed E-state index contributed by atoms with van der Waals surface area (Å²) in [7, 11) is 3.19. The summed E-state index contributed by atoms with van der Waals surface area (Å²) in [6, 6.07) is 5.50. The second-order valence-corrected chi connectivity index (χ2v) is 4.75. The van der Waals surface area contributed by atoms with E-state index in [1.807, 2.05) is 32.0 Å². The van der Waals surface area contributed by atoms with Gasteiger partial charge in [-0.05, 0) is 26.0 Å². The Balaban J connectivity index is 2.03. The Morgan fingerprint density at radius 1 is 1.21 bits per heavy atom. The van der Waals surface area contributed by atoms with Gasteiger partial charge in [0.25, 0.3) is 0 Å². The Bertz CT molecular complexity index is 408. The molecule has 1 aromatic carbocycles. The Labute approximate surface area is 113 Å². The predicted octanol–water partition coefficient (Wildman–Crippen LogP) is 2.23. The van der Waals surface area contributed by atoms with Crippen LogP contribution in [0.2, 0.25) is 0 Å². The highest BCUT2D eigenvalue weighted by Crippen LogP contribution is 2.37. The molecule has 5 nitrogen and oxygen atoms in total. The highest BCUT2D eigenvalue weighted by molar-refractivity contribution is 5.51. The molecular formula is C14H20O5. The van der Waals surface area contributed by atoms with E-state index in [1.54, 1.807) is 14.2 Å². The molecule has 0 aliphatic carbocycles. The summed E-state index contributed by atoms with van der Waals surface area (Å²) < 4.78 is 27.5. The van der Waals surface area contributed by atoms with Crippen LogP contribution in [0.25, 0.3) is 0 Å². The first-order valence-corrected chi connectivity index (χ1v) is 6.21. The Morgan fingerprint density at radius 3 is 2.32 bits per heavy atom. The van der Waals surface area contributed by atoms with Gasteiger partial charge in [-0.2, -0.15) is 0 Å². The van der Waals surface area contributed by atoms with Gasteiger partial charge in [-0.1, -0.05) is 6.07 Å². The van der Waals surface area contributed by atoms with Crippen LogP contribution in [0.15, 0.2) is 18.2 Å². The summed E-state index contributed by atoms with van der Waals surface area (Å²) in [4.78, 5) is 0. The zero-order chi connectivity index (χ0) is 13.9. The van der Waals surface area contributed by atoms with Crippen molar-refractivity contribution in [1.29, 1.82) is 0 Å². The van der Waals surface area contributed by atoms with Crippen LogP contribution in [0.3, 0.4) is 0 Å². The highest BCUT2D eigenvalue weighted by Gasteiger charge is 2.33. The summed E-state index contributed by atoms with van der Waals surface area (Å²) in [5.74, 6) is 1.31. The number of ether oxygens (including phenoxy) is 5. The van der Waals surface area contributed by atoms with Crippen molar-refractivity contribution in [3.05, 3.63) is 18.2 Å². The zero-order valence-electron chi connectivity index (χ0n) is 11.8. The van der Waals surface area contributed by atoms with Crippen molar-refractivity contribution in [2.45, 2.75) is 25.7 Å². The first-order valence-electron chi connectivity index (χ1n) is 6.21. The molecule has 5 heteroatoms. The summed E-state index contributed by atoms with van der Waals surface area (Å²) in [5, 5.41) is 0. The SMILES string of the molecule is COc1cccc(OC)c1OC[C@H]1COC(C)(C)O1. The van der Waals surface area contributed by atoms with Crippen LogP contribution in [0.5, 0.6) is 17.2 Å². The molecule has 19 heavy (non-hydrogen) atoms. The average molecular weight is 268 g/mol. The molecule has 1 saturated heterocycles. The number of methoxy groups -OCH3 is 2. The van der Waals surface area contributed by atoms with Crippen LogP contribution >= 0.6 is 0 Å². The van der Waals surface area contributed by atoms with E-state index < -0.39 is 5.79 Å². The van der Waals surface area contributed by atoms with Crippen molar-refractivity contribution in [1.82, 2.24) is 0 Å². The molecule has 0 unspecified atom stereocenters. The number of benzene rings is 1. The lowest BCUT2D eigenvalue weighted by Gasteiger charge is -2.18. The smallest absolute Gasteiger partial charge is 0.203 e. The van der Waals surface area contributed by atoms with Crippen LogP contribution in [-0.2, 0) is 9.47 Å². The van der Waals surface area contributed by atoms with Gasteiger partial charge < -0.3 is 23.7 Å². The maximum Gasteiger partial charge on any atom is 0.203 e. The molecule has 0 aromatic heterocycles. The molecule has 0 amide bonds. The largest absolute Gasteiger partial charge is 0.493 e. The third-order valence-electron chi connectivity index (χ3n) is 2.86. The van der Waals surface area contributed by atoms with Crippen LogP contribution in [0.4, 0.5) is 0 Å². The van der Waals surface area contributed by atoms with Gasteiger partial charge in [-0.3, -0.25) is 0 Å². The molecular weight excluding hydrogens is 248 g/mol. The fourth-order valence-electron chi connectivity index (χ4n) is 1.98. The van der Waals surface area contributed by atoms with Gasteiger partial charge in [-0.15, -0.1) is 0 Å². The normalized spacial score (nSPS) is 21.2. The highest BCUT2D eigenvalue weighted by atomic mass is 16.7. The fourth-order valence-corrected chi connectivity index (χ4v) is 1.98. The van der Waals surface area contributed by atoms with Crippen LogP contribution in [0.1, 0.15) is 13.8 Å². The number of hydrogen-bond donors (Lipinski definition) is 0. The Kier molecular flexibility index (Phi) is 4.17. The number of hydrogen-bond acceptors (Lipinski definition) is 5. The van der Waals surface area contributed by atoms with Crippen molar-refractivity contribution in [2.75, 3.05) is 27.4 Å². The van der Waals surface area contributed by atoms with Gasteiger partial charge in [0.2, 0.25) is 5.75 Å². The van der Waals surface area contributed by atoms with Crippen LogP contribution < -0.4 is 14.2 Å². The monoisotopic (exact) mass is 268 g/mol. The minimum Gasteiger partial charge on any atom is -0.493 e. The molecule has 0 spiro atoms. The van der Waals surface area contributed by atoms with Crippen molar-refractivity contribution >= 4 is 0 Å². The van der Waals surface area contributed by atoms with E-state index >= 15 is 0 Å². The molecule has 0 N–H and O–H groups in total. The van der Waals surface area contributed by atoms with E-state index in [-0.39, 0.29) is 6.10 Å². The lowest BCUT2D eigenvalue weighted by molar-refractivity contribution is -0.141. The molecule has 1 aliphatic rings. The first kappa shape index (κ1) is 14.0. The third-order valence-corrected chi connectivity index (χ3v) is 2.86. The number of para-hydroxylation sites is 1. The van der Waals surface area contributed by atoms with Gasteiger partial charge in [0, 0.05) is 0 Å². The van der Waals surface area contributed by atoms with Gasteiger partial charge in [0.15, 0.2) is 17.3 Å². The van der Waals surface area contributed by atoms with E-state index in [0.29, 0.717) is 30.5 Å². The summed E-state index contributed by atoms with van der Waals surface area (Å²) in [6.07, 6.45) is -0.0929. The number of rotatable bonds is 5. The molecule has 0 bridgehead atoms. The standard InChI is InChI=1S/C14H20O5/c1-14(2)18-9-10(19-14)8-17-13-11(15-3)6-5-7-12(13)16-4/h5-7,10H,8-9H2,1-4H3/t10-/m0/s1. The van der Waals surface area contributed by atoms with Gasteiger partial charge >= 0.3 is 0 Å². The van der Waals surface area contributed by atoms with E-state index in [9.17, 15) is 0 Å². The maximum atomic E-state index is 5.77. The second kappa shape index (κ2) is 5.67. The van der Waals surface area contributed by atoms with E-state index in [1.165, 1.54) is 0 Å². The van der Waals surface area contributed by atoms with Gasteiger partial charge in [-0.25, -0.2) is 0 Å². The molecule has 1 heterocycles. The minimum absolute atomic E-state index is 0.0929. The molecule has 1 fully saturated rings. The molecule has 2 rings (SSSR count). The summed E-state index contributed by atoms with van der Waals surface area (Å²) in [5.41, 5.74) is 0. The Hall–Kier alpha value is -1.46. The molecule has 0 saturated carbocycles. The van der Waals surface area contributed by atoms with Gasteiger partial charge in [0.05, 0.1) is 20.8 Å². The summed E-state index contributed by atoms with van der Waals surface area (Å²) >= 11 is 0. The second-order valence-electron chi connectivity index (χ2n) is 4.75. The average Bonchev–Trinajstić information content (AvgIpc) is 2.75. The van der Waals surface area contributed by atoms with Crippen molar-refractivity contribution in [3.63, 3.8) is 0 Å². The third kappa shape index (κ3) is 3.30. The van der Waals surface area contributed by atoms with E-state index in [0.717, 1.165) is 0 Å². The predicted molar refractivity (Wildman–Crippen MR) is 69.9 cm³/mol. The molecule has 106 valence electrons. The quantitative estimate of drug-likeness (QED) is 0.819. The van der Waals surface area contributed by atoms with E-state index in [4.69, 9.17) is 23.7 Å². The molecule has 1 atom stereocenters. The van der Waals surface area contributed by atoms with Crippen LogP contribution in [-0.4, -0.2) is 39.3 Å². The van der Waals surface area contributed by atoms with Gasteiger partial charge in [0.1, 0.15) is 12.7 Å². The van der Waals surface area contributed by atoms with E-state index in [2.05, 4.69) is 0 Å².